The van der Waals surface area contributed by atoms with Crippen molar-refractivity contribution >= 4 is 5.97 Å². The zero-order chi connectivity index (χ0) is 12.3. The molecular formula is C11H18N4O2. The van der Waals surface area contributed by atoms with E-state index in [0.717, 1.165) is 13.1 Å². The van der Waals surface area contributed by atoms with Crippen LogP contribution in [0.5, 0.6) is 0 Å². The molecule has 0 radical (unpaired) electrons. The van der Waals surface area contributed by atoms with Gasteiger partial charge >= 0.3 is 5.97 Å². The number of carboxylic acids is 1. The van der Waals surface area contributed by atoms with Gasteiger partial charge < -0.3 is 5.11 Å². The Labute approximate surface area is 100 Å². The second kappa shape index (κ2) is 5.27. The van der Waals surface area contributed by atoms with Crippen molar-refractivity contribution in [2.75, 3.05) is 13.1 Å². The van der Waals surface area contributed by atoms with Gasteiger partial charge in [0, 0.05) is 6.04 Å². The third kappa shape index (κ3) is 3.03. The molecule has 2 heterocycles. The van der Waals surface area contributed by atoms with Gasteiger partial charge in [-0.05, 0) is 32.9 Å². The first-order valence-corrected chi connectivity index (χ1v) is 6.04. The predicted octanol–water partition coefficient (Wildman–Crippen LogP) is 0.851. The van der Waals surface area contributed by atoms with E-state index in [-0.39, 0.29) is 5.69 Å². The molecule has 0 spiro atoms. The highest BCUT2D eigenvalue weighted by atomic mass is 16.4. The lowest BCUT2D eigenvalue weighted by atomic mass is 10.1. The zero-order valence-corrected chi connectivity index (χ0v) is 10.0. The van der Waals surface area contributed by atoms with Crippen LogP contribution in [-0.2, 0) is 6.54 Å². The molecule has 0 aliphatic carbocycles. The maximum atomic E-state index is 10.7. The van der Waals surface area contributed by atoms with Crippen LogP contribution in [0.3, 0.4) is 0 Å². The summed E-state index contributed by atoms with van der Waals surface area (Å²) >= 11 is 0. The summed E-state index contributed by atoms with van der Waals surface area (Å²) in [5.41, 5.74) is 0.0100. The van der Waals surface area contributed by atoms with Gasteiger partial charge in [0.1, 0.15) is 0 Å². The molecule has 17 heavy (non-hydrogen) atoms. The maximum absolute atomic E-state index is 10.7. The summed E-state index contributed by atoms with van der Waals surface area (Å²) < 4.78 is 1.61. The van der Waals surface area contributed by atoms with Gasteiger partial charge in [0.25, 0.3) is 0 Å². The van der Waals surface area contributed by atoms with Crippen LogP contribution in [0, 0.1) is 0 Å². The number of nitrogens with zero attached hydrogens (tertiary/aromatic N) is 4. The molecule has 0 amide bonds. The number of carboxylic acid groups (broad SMARTS) is 1. The average Bonchev–Trinajstić information content (AvgIpc) is 2.79. The predicted molar refractivity (Wildman–Crippen MR) is 61.9 cm³/mol. The van der Waals surface area contributed by atoms with E-state index in [1.165, 1.54) is 25.5 Å². The third-order valence-electron chi connectivity index (χ3n) is 3.22. The molecule has 0 bridgehead atoms. The fourth-order valence-electron chi connectivity index (χ4n) is 2.23. The monoisotopic (exact) mass is 238 g/mol. The van der Waals surface area contributed by atoms with E-state index in [1.54, 1.807) is 4.68 Å². The Kier molecular flexibility index (Phi) is 3.73. The lowest BCUT2D eigenvalue weighted by Crippen LogP contribution is -2.39. The van der Waals surface area contributed by atoms with Crippen molar-refractivity contribution in [3.8, 4) is 0 Å². The highest BCUT2D eigenvalue weighted by molar-refractivity contribution is 5.84. The molecular weight excluding hydrogens is 220 g/mol. The second-order valence-electron chi connectivity index (χ2n) is 4.58. The van der Waals surface area contributed by atoms with Crippen LogP contribution >= 0.6 is 0 Å². The molecule has 2 rings (SSSR count). The van der Waals surface area contributed by atoms with E-state index in [1.807, 2.05) is 0 Å². The summed E-state index contributed by atoms with van der Waals surface area (Å²) in [5.74, 6) is -1.03. The summed E-state index contributed by atoms with van der Waals surface area (Å²) in [6, 6.07) is 0.374. The van der Waals surface area contributed by atoms with Crippen LogP contribution in [-0.4, -0.2) is 50.1 Å². The Balaban J connectivity index is 1.92. The Morgan fingerprint density at radius 2 is 2.18 bits per heavy atom. The molecule has 0 aromatic carbocycles. The quantitative estimate of drug-likeness (QED) is 0.842. The summed E-state index contributed by atoms with van der Waals surface area (Å²) in [4.78, 5) is 13.1. The van der Waals surface area contributed by atoms with Crippen LogP contribution in [0.15, 0.2) is 6.20 Å². The minimum atomic E-state index is -1.03. The van der Waals surface area contributed by atoms with Crippen molar-refractivity contribution in [2.45, 2.75) is 38.8 Å². The number of carbonyl (C=O) groups is 1. The number of rotatable bonds is 4. The molecule has 1 fully saturated rings. The minimum absolute atomic E-state index is 0.0100. The van der Waals surface area contributed by atoms with E-state index in [2.05, 4.69) is 22.1 Å². The molecule has 1 saturated heterocycles. The number of aromatic carboxylic acids is 1. The van der Waals surface area contributed by atoms with Crippen molar-refractivity contribution in [1.29, 1.82) is 0 Å². The van der Waals surface area contributed by atoms with Crippen LogP contribution in [0.1, 0.15) is 36.7 Å². The fourth-order valence-corrected chi connectivity index (χ4v) is 2.23. The Morgan fingerprint density at radius 3 is 2.76 bits per heavy atom. The number of hydrogen-bond acceptors (Lipinski definition) is 4. The van der Waals surface area contributed by atoms with E-state index in [4.69, 9.17) is 5.11 Å². The topological polar surface area (TPSA) is 71.2 Å². The van der Waals surface area contributed by atoms with Gasteiger partial charge in [-0.2, -0.15) is 0 Å². The van der Waals surface area contributed by atoms with Crippen LogP contribution < -0.4 is 0 Å². The first-order chi connectivity index (χ1) is 8.16. The average molecular weight is 238 g/mol. The molecule has 0 unspecified atom stereocenters. The summed E-state index contributed by atoms with van der Waals surface area (Å²) in [6.45, 7) is 5.09. The minimum Gasteiger partial charge on any atom is -0.476 e. The van der Waals surface area contributed by atoms with Crippen molar-refractivity contribution in [3.63, 3.8) is 0 Å². The Morgan fingerprint density at radius 1 is 1.47 bits per heavy atom. The molecule has 6 heteroatoms. The number of aromatic nitrogens is 3. The van der Waals surface area contributed by atoms with E-state index >= 15 is 0 Å². The van der Waals surface area contributed by atoms with Gasteiger partial charge in [0.15, 0.2) is 5.69 Å². The van der Waals surface area contributed by atoms with Crippen molar-refractivity contribution in [2.24, 2.45) is 0 Å². The van der Waals surface area contributed by atoms with Gasteiger partial charge in [-0.1, -0.05) is 11.6 Å². The highest BCUT2D eigenvalue weighted by Gasteiger charge is 2.18. The summed E-state index contributed by atoms with van der Waals surface area (Å²) in [5, 5.41) is 16.2. The van der Waals surface area contributed by atoms with Crippen LogP contribution in [0.4, 0.5) is 0 Å². The lowest BCUT2D eigenvalue weighted by Gasteiger charge is -2.32. The molecule has 1 aliphatic heterocycles. The molecule has 1 N–H and O–H groups in total. The standard InChI is InChI=1S/C11H18N4O2/c1-9(14-5-3-2-4-6-14)7-15-8-10(11(16)17)12-13-15/h8-9H,2-7H2,1H3,(H,16,17)/t9-/m1/s1. The first kappa shape index (κ1) is 12.0. The smallest absolute Gasteiger partial charge is 0.358 e. The highest BCUT2D eigenvalue weighted by Crippen LogP contribution is 2.12. The molecule has 0 saturated carbocycles. The van der Waals surface area contributed by atoms with Crippen LogP contribution in [0.2, 0.25) is 0 Å². The van der Waals surface area contributed by atoms with E-state index < -0.39 is 5.97 Å². The van der Waals surface area contributed by atoms with Gasteiger partial charge in [0.05, 0.1) is 12.7 Å². The second-order valence-corrected chi connectivity index (χ2v) is 4.58. The van der Waals surface area contributed by atoms with Crippen molar-refractivity contribution in [1.82, 2.24) is 19.9 Å². The van der Waals surface area contributed by atoms with Gasteiger partial charge in [-0.25, -0.2) is 4.79 Å². The van der Waals surface area contributed by atoms with Gasteiger partial charge in [-0.15, -0.1) is 5.10 Å². The first-order valence-electron chi connectivity index (χ1n) is 6.04. The van der Waals surface area contributed by atoms with E-state index in [0.29, 0.717) is 12.6 Å². The summed E-state index contributed by atoms with van der Waals surface area (Å²) in [6.07, 6.45) is 5.31. The molecule has 1 aromatic rings. The molecule has 1 aromatic heterocycles. The normalized spacial score (nSPS) is 19.1. The SMILES string of the molecule is C[C@H](Cn1cc(C(=O)O)nn1)N1CCCCC1. The van der Waals surface area contributed by atoms with Crippen molar-refractivity contribution < 1.29 is 9.90 Å². The van der Waals surface area contributed by atoms with Gasteiger partial charge in [0.2, 0.25) is 0 Å². The Hall–Kier alpha value is -1.43. The summed E-state index contributed by atoms with van der Waals surface area (Å²) in [7, 11) is 0. The maximum Gasteiger partial charge on any atom is 0.358 e. The largest absolute Gasteiger partial charge is 0.476 e. The lowest BCUT2D eigenvalue weighted by molar-refractivity contribution is 0.0690. The number of likely N-dealkylation sites (tertiary alicyclic amines) is 1. The fraction of sp³-hybridized carbons (Fsp3) is 0.727. The molecule has 1 atom stereocenters. The number of piperidine rings is 1. The zero-order valence-electron chi connectivity index (χ0n) is 10.0. The third-order valence-corrected chi connectivity index (χ3v) is 3.22. The molecule has 1 aliphatic rings. The molecule has 6 nitrogen and oxygen atoms in total. The van der Waals surface area contributed by atoms with Crippen molar-refractivity contribution in [3.05, 3.63) is 11.9 Å². The van der Waals surface area contributed by atoms with Crippen LogP contribution in [0.25, 0.3) is 0 Å². The Bertz CT molecular complexity index is 385. The molecule has 94 valence electrons. The van der Waals surface area contributed by atoms with E-state index in [9.17, 15) is 4.79 Å². The number of hydrogen-bond donors (Lipinski definition) is 1. The van der Waals surface area contributed by atoms with Gasteiger partial charge in [-0.3, -0.25) is 9.58 Å².